The molecule has 0 heterocycles. The zero-order valence-electron chi connectivity index (χ0n) is 14.0. The Bertz CT molecular complexity index is 353. The quantitative estimate of drug-likeness (QED) is 0.534. The smallest absolute Gasteiger partial charge is 0.310 e. The lowest BCUT2D eigenvalue weighted by molar-refractivity contribution is -0.166. The number of hydrogen-bond donors (Lipinski definition) is 2. The van der Waals surface area contributed by atoms with E-state index in [0.717, 1.165) is 32.1 Å². The molecule has 22 heavy (non-hydrogen) atoms. The van der Waals surface area contributed by atoms with Gasteiger partial charge in [0.25, 0.3) is 0 Å². The minimum atomic E-state index is -1.02. The van der Waals surface area contributed by atoms with Crippen molar-refractivity contribution < 1.29 is 19.8 Å². The van der Waals surface area contributed by atoms with Crippen LogP contribution in [0.25, 0.3) is 0 Å². The lowest BCUT2D eigenvalue weighted by Crippen LogP contribution is -2.44. The average Bonchev–Trinajstić information content (AvgIpc) is 2.50. The first kappa shape index (κ1) is 19.0. The molecule has 0 aromatic heterocycles. The summed E-state index contributed by atoms with van der Waals surface area (Å²) in [6.45, 7) is 2.20. The highest BCUT2D eigenvalue weighted by Gasteiger charge is 2.50. The van der Waals surface area contributed by atoms with Gasteiger partial charge >= 0.3 is 11.9 Å². The number of aliphatic carboxylic acids is 2. The number of carbonyl (C=O) groups is 2. The van der Waals surface area contributed by atoms with Crippen molar-refractivity contribution in [3.8, 4) is 0 Å². The second-order valence-corrected chi connectivity index (χ2v) is 6.82. The highest BCUT2D eigenvalue weighted by molar-refractivity contribution is 5.83. The summed E-state index contributed by atoms with van der Waals surface area (Å²) < 4.78 is 0. The topological polar surface area (TPSA) is 74.6 Å². The highest BCUT2D eigenvalue weighted by Crippen LogP contribution is 2.45. The van der Waals surface area contributed by atoms with Gasteiger partial charge < -0.3 is 10.2 Å². The molecule has 1 aliphatic rings. The third-order valence-corrected chi connectivity index (χ3v) is 5.23. The van der Waals surface area contributed by atoms with Gasteiger partial charge in [-0.25, -0.2) is 0 Å². The molecule has 0 spiro atoms. The summed E-state index contributed by atoms with van der Waals surface area (Å²) in [5, 5.41) is 19.0. The number of unbranched alkanes of at least 4 members (excludes halogenated alkanes) is 7. The Hall–Kier alpha value is -1.06. The van der Waals surface area contributed by atoms with E-state index in [1.54, 1.807) is 0 Å². The van der Waals surface area contributed by atoms with Gasteiger partial charge in [-0.3, -0.25) is 9.59 Å². The monoisotopic (exact) mass is 312 g/mol. The summed E-state index contributed by atoms with van der Waals surface area (Å²) in [6, 6.07) is 0. The fourth-order valence-electron chi connectivity index (χ4n) is 3.84. The van der Waals surface area contributed by atoms with Gasteiger partial charge in [0, 0.05) is 0 Å². The van der Waals surface area contributed by atoms with Crippen LogP contribution in [0.2, 0.25) is 0 Å². The summed E-state index contributed by atoms with van der Waals surface area (Å²) >= 11 is 0. The molecule has 4 nitrogen and oxygen atoms in total. The molecular weight excluding hydrogens is 280 g/mol. The first-order chi connectivity index (χ1) is 10.5. The molecule has 0 amide bonds. The number of carboxylic acid groups (broad SMARTS) is 2. The second kappa shape index (κ2) is 9.86. The normalized spacial score (nSPS) is 25.0. The molecule has 2 unspecified atom stereocenters. The van der Waals surface area contributed by atoms with Crippen molar-refractivity contribution in [1.29, 1.82) is 0 Å². The van der Waals surface area contributed by atoms with Crippen LogP contribution >= 0.6 is 0 Å². The zero-order chi connectivity index (χ0) is 16.4. The molecule has 0 radical (unpaired) electrons. The van der Waals surface area contributed by atoms with Crippen LogP contribution in [-0.4, -0.2) is 22.2 Å². The molecule has 0 saturated heterocycles. The Kier molecular flexibility index (Phi) is 8.51. The summed E-state index contributed by atoms with van der Waals surface area (Å²) in [5.74, 6) is -2.53. The van der Waals surface area contributed by atoms with E-state index in [1.165, 1.54) is 32.1 Å². The molecule has 2 atom stereocenters. The Morgan fingerprint density at radius 3 is 2.09 bits per heavy atom. The maximum Gasteiger partial charge on any atom is 0.310 e. The summed E-state index contributed by atoms with van der Waals surface area (Å²) in [6.07, 6.45) is 12.5. The predicted molar refractivity (Wildman–Crippen MR) is 86.9 cm³/mol. The van der Waals surface area contributed by atoms with Gasteiger partial charge in [0.15, 0.2) is 0 Å². The van der Waals surface area contributed by atoms with E-state index in [-0.39, 0.29) is 0 Å². The van der Waals surface area contributed by atoms with Crippen LogP contribution in [0, 0.1) is 11.3 Å². The van der Waals surface area contributed by atoms with Crippen molar-refractivity contribution in [3.05, 3.63) is 0 Å². The number of rotatable bonds is 11. The molecule has 1 fully saturated rings. The molecular formula is C18H32O4. The van der Waals surface area contributed by atoms with E-state index < -0.39 is 23.3 Å². The van der Waals surface area contributed by atoms with E-state index in [1.807, 2.05) is 0 Å². The van der Waals surface area contributed by atoms with E-state index in [2.05, 4.69) is 6.92 Å². The molecule has 1 rings (SSSR count). The fourth-order valence-corrected chi connectivity index (χ4v) is 3.84. The Morgan fingerprint density at radius 1 is 0.955 bits per heavy atom. The lowest BCUT2D eigenvalue weighted by atomic mass is 9.63. The van der Waals surface area contributed by atoms with Crippen molar-refractivity contribution in [2.45, 2.75) is 90.4 Å². The van der Waals surface area contributed by atoms with E-state index in [0.29, 0.717) is 19.3 Å². The average molecular weight is 312 g/mol. The molecule has 0 aliphatic heterocycles. The molecule has 0 aromatic rings. The summed E-state index contributed by atoms with van der Waals surface area (Å²) in [7, 11) is 0. The van der Waals surface area contributed by atoms with E-state index >= 15 is 0 Å². The van der Waals surface area contributed by atoms with E-state index in [4.69, 9.17) is 0 Å². The second-order valence-electron chi connectivity index (χ2n) is 6.82. The minimum absolute atomic E-state index is 0.513. The zero-order valence-corrected chi connectivity index (χ0v) is 14.0. The van der Waals surface area contributed by atoms with Crippen LogP contribution < -0.4 is 0 Å². The molecule has 0 bridgehead atoms. The SMILES string of the molecule is CCCCCCCCCCC1(C(=O)O)CCCCC1C(=O)O. The molecule has 1 aliphatic carbocycles. The molecule has 4 heteroatoms. The number of carboxylic acids is 2. The lowest BCUT2D eigenvalue weighted by Gasteiger charge is -2.38. The summed E-state index contributed by atoms with van der Waals surface area (Å²) in [4.78, 5) is 23.2. The standard InChI is InChI=1S/C18H32O4/c1-2-3-4-5-6-7-8-10-13-18(17(21)22)14-11-9-12-15(18)16(19)20/h15H,2-14H2,1H3,(H,19,20)(H,21,22). The van der Waals surface area contributed by atoms with Crippen molar-refractivity contribution in [3.63, 3.8) is 0 Å². The van der Waals surface area contributed by atoms with Gasteiger partial charge in [0.05, 0.1) is 11.3 Å². The van der Waals surface area contributed by atoms with Gasteiger partial charge in [-0.1, -0.05) is 71.1 Å². The third-order valence-electron chi connectivity index (χ3n) is 5.23. The van der Waals surface area contributed by atoms with Crippen LogP contribution in [0.3, 0.4) is 0 Å². The van der Waals surface area contributed by atoms with Crippen LogP contribution in [0.5, 0.6) is 0 Å². The Balaban J connectivity index is 2.40. The van der Waals surface area contributed by atoms with Crippen LogP contribution in [-0.2, 0) is 9.59 Å². The molecule has 1 saturated carbocycles. The predicted octanol–water partition coefficient (Wildman–Crippen LogP) is 4.86. The largest absolute Gasteiger partial charge is 0.481 e. The number of hydrogen-bond acceptors (Lipinski definition) is 2. The Morgan fingerprint density at radius 2 is 1.55 bits per heavy atom. The van der Waals surface area contributed by atoms with Crippen LogP contribution in [0.15, 0.2) is 0 Å². The van der Waals surface area contributed by atoms with E-state index in [9.17, 15) is 19.8 Å². The van der Waals surface area contributed by atoms with Crippen molar-refractivity contribution in [2.75, 3.05) is 0 Å². The van der Waals surface area contributed by atoms with Crippen molar-refractivity contribution in [1.82, 2.24) is 0 Å². The molecule has 2 N–H and O–H groups in total. The van der Waals surface area contributed by atoms with Crippen LogP contribution in [0.1, 0.15) is 90.4 Å². The minimum Gasteiger partial charge on any atom is -0.481 e. The van der Waals surface area contributed by atoms with Gasteiger partial charge in [-0.2, -0.15) is 0 Å². The fraction of sp³-hybridized carbons (Fsp3) is 0.889. The van der Waals surface area contributed by atoms with Crippen molar-refractivity contribution in [2.24, 2.45) is 11.3 Å². The molecule has 0 aromatic carbocycles. The first-order valence-corrected chi connectivity index (χ1v) is 9.01. The third kappa shape index (κ3) is 5.29. The van der Waals surface area contributed by atoms with Crippen molar-refractivity contribution >= 4 is 11.9 Å². The first-order valence-electron chi connectivity index (χ1n) is 9.01. The van der Waals surface area contributed by atoms with Gasteiger partial charge in [0.1, 0.15) is 0 Å². The van der Waals surface area contributed by atoms with Gasteiger partial charge in [0.2, 0.25) is 0 Å². The highest BCUT2D eigenvalue weighted by atomic mass is 16.4. The summed E-state index contributed by atoms with van der Waals surface area (Å²) in [5.41, 5.74) is -1.02. The molecule has 128 valence electrons. The Labute approximate surface area is 134 Å². The maximum atomic E-state index is 11.8. The maximum absolute atomic E-state index is 11.8. The van der Waals surface area contributed by atoms with Gasteiger partial charge in [-0.05, 0) is 19.3 Å². The van der Waals surface area contributed by atoms with Crippen LogP contribution in [0.4, 0.5) is 0 Å². The van der Waals surface area contributed by atoms with Gasteiger partial charge in [-0.15, -0.1) is 0 Å².